The van der Waals surface area contributed by atoms with E-state index in [4.69, 9.17) is 9.84 Å². The summed E-state index contributed by atoms with van der Waals surface area (Å²) in [7, 11) is 0. The van der Waals surface area contributed by atoms with Gasteiger partial charge in [-0.1, -0.05) is 36.8 Å². The Kier molecular flexibility index (Phi) is 7.43. The molecule has 2 N–H and O–H groups in total. The highest BCUT2D eigenvalue weighted by Gasteiger charge is 2.15. The smallest absolute Gasteiger partial charge is 0.407 e. The number of rotatable bonds is 7. The maximum absolute atomic E-state index is 11.7. The summed E-state index contributed by atoms with van der Waals surface area (Å²) in [5.41, 5.74) is 2.11. The van der Waals surface area contributed by atoms with Crippen LogP contribution in [0.3, 0.4) is 0 Å². The molecular weight excluding hydrogens is 282 g/mol. The molecule has 0 aromatic heterocycles. The van der Waals surface area contributed by atoms with E-state index in [1.165, 1.54) is 0 Å². The Morgan fingerprint density at radius 1 is 1.50 bits per heavy atom. The quantitative estimate of drug-likeness (QED) is 0.708. The van der Waals surface area contributed by atoms with Crippen LogP contribution in [-0.2, 0) is 9.53 Å². The third-order valence-electron chi connectivity index (χ3n) is 3.45. The Labute approximate surface area is 131 Å². The first kappa shape index (κ1) is 18.0. The van der Waals surface area contributed by atoms with E-state index < -0.39 is 12.1 Å². The molecule has 2 atom stereocenters. The van der Waals surface area contributed by atoms with Gasteiger partial charge in [0.2, 0.25) is 0 Å². The number of carboxylic acid groups (broad SMARTS) is 1. The van der Waals surface area contributed by atoms with Crippen molar-refractivity contribution in [3.8, 4) is 0 Å². The lowest BCUT2D eigenvalue weighted by molar-refractivity contribution is -0.137. The van der Waals surface area contributed by atoms with Crippen molar-refractivity contribution in [3.05, 3.63) is 35.5 Å². The highest BCUT2D eigenvalue weighted by Crippen LogP contribution is 2.19. The molecule has 0 radical (unpaired) electrons. The summed E-state index contributed by atoms with van der Waals surface area (Å²) in [6.45, 7) is 6.41. The van der Waals surface area contributed by atoms with Crippen LogP contribution < -0.4 is 5.32 Å². The summed E-state index contributed by atoms with van der Waals surface area (Å²) in [6, 6.07) is 0. The summed E-state index contributed by atoms with van der Waals surface area (Å²) < 4.78 is 5.19. The summed E-state index contributed by atoms with van der Waals surface area (Å²) in [6.07, 6.45) is 8.30. The molecule has 0 aromatic carbocycles. The van der Waals surface area contributed by atoms with E-state index >= 15 is 0 Å². The van der Waals surface area contributed by atoms with E-state index in [0.717, 1.165) is 17.6 Å². The minimum absolute atomic E-state index is 0.0154. The number of carboxylic acids is 1. The van der Waals surface area contributed by atoms with Crippen molar-refractivity contribution in [1.29, 1.82) is 0 Å². The van der Waals surface area contributed by atoms with Crippen LogP contribution in [-0.4, -0.2) is 30.3 Å². The average Bonchev–Trinajstić information content (AvgIpc) is 2.42. The van der Waals surface area contributed by atoms with Crippen molar-refractivity contribution < 1.29 is 19.4 Å². The third kappa shape index (κ3) is 7.11. The van der Waals surface area contributed by atoms with E-state index in [1.807, 2.05) is 32.1 Å². The molecule has 22 heavy (non-hydrogen) atoms. The minimum atomic E-state index is -0.884. The average molecular weight is 307 g/mol. The number of alkyl carbamates (subject to hydrolysis) is 1. The van der Waals surface area contributed by atoms with Gasteiger partial charge < -0.3 is 15.2 Å². The number of nitrogens with one attached hydrogen (secondary N) is 1. The van der Waals surface area contributed by atoms with E-state index in [0.29, 0.717) is 5.92 Å². The van der Waals surface area contributed by atoms with Crippen molar-refractivity contribution in [2.75, 3.05) is 13.2 Å². The fourth-order valence-corrected chi connectivity index (χ4v) is 2.28. The molecule has 1 aliphatic rings. The van der Waals surface area contributed by atoms with Crippen molar-refractivity contribution in [2.24, 2.45) is 11.8 Å². The summed E-state index contributed by atoms with van der Waals surface area (Å²) >= 11 is 0. The highest BCUT2D eigenvalue weighted by atomic mass is 16.5. The minimum Gasteiger partial charge on any atom is -0.481 e. The molecule has 1 unspecified atom stereocenters. The Hall–Kier alpha value is -2.04. The zero-order valence-corrected chi connectivity index (χ0v) is 13.5. The van der Waals surface area contributed by atoms with Gasteiger partial charge in [-0.3, -0.25) is 4.79 Å². The van der Waals surface area contributed by atoms with Gasteiger partial charge in [0.25, 0.3) is 0 Å². The van der Waals surface area contributed by atoms with E-state index in [-0.39, 0.29) is 25.5 Å². The second kappa shape index (κ2) is 9.07. The van der Waals surface area contributed by atoms with E-state index in [2.05, 4.69) is 18.3 Å². The van der Waals surface area contributed by atoms with Gasteiger partial charge in [0.15, 0.2) is 0 Å². The van der Waals surface area contributed by atoms with Gasteiger partial charge >= 0.3 is 12.1 Å². The lowest BCUT2D eigenvalue weighted by Crippen LogP contribution is -2.31. The summed E-state index contributed by atoms with van der Waals surface area (Å²) in [5.74, 6) is -0.736. The molecule has 0 heterocycles. The SMILES string of the molecule is CC(C)=C[C@H](CNC(=O)OCC1=CC=CCC1C)CC(=O)O. The molecule has 0 spiro atoms. The molecule has 5 heteroatoms. The van der Waals surface area contributed by atoms with Crippen LogP contribution in [0.15, 0.2) is 35.5 Å². The molecule has 5 nitrogen and oxygen atoms in total. The number of carbonyl (C=O) groups is 2. The normalized spacial score (nSPS) is 18.1. The van der Waals surface area contributed by atoms with Gasteiger partial charge in [-0.05, 0) is 31.8 Å². The van der Waals surface area contributed by atoms with Gasteiger partial charge in [0.1, 0.15) is 6.61 Å². The fraction of sp³-hybridized carbons (Fsp3) is 0.529. The van der Waals surface area contributed by atoms with Crippen molar-refractivity contribution in [2.45, 2.75) is 33.6 Å². The zero-order valence-electron chi connectivity index (χ0n) is 13.5. The predicted octanol–water partition coefficient (Wildman–Crippen LogP) is 3.29. The molecular formula is C17H25NO4. The second-order valence-corrected chi connectivity index (χ2v) is 5.87. The number of allylic oxidation sites excluding steroid dienone is 4. The van der Waals surface area contributed by atoms with Crippen LogP contribution in [0.25, 0.3) is 0 Å². The Bertz CT molecular complexity index is 487. The molecule has 0 fully saturated rings. The molecule has 1 amide bonds. The van der Waals surface area contributed by atoms with Gasteiger partial charge in [-0.2, -0.15) is 0 Å². The third-order valence-corrected chi connectivity index (χ3v) is 3.45. The molecule has 1 rings (SSSR count). The highest BCUT2D eigenvalue weighted by molar-refractivity contribution is 5.69. The Morgan fingerprint density at radius 3 is 2.82 bits per heavy atom. The van der Waals surface area contributed by atoms with Crippen LogP contribution >= 0.6 is 0 Å². The standard InChI is InChI=1S/C17H25NO4/c1-12(2)8-14(9-16(19)20)10-18-17(21)22-11-15-7-5-4-6-13(15)3/h4-5,7-8,13-14H,6,9-11H2,1-3H3,(H,18,21)(H,19,20)/t13?,14-/m0/s1. The number of hydrogen-bond acceptors (Lipinski definition) is 3. The number of hydrogen-bond donors (Lipinski definition) is 2. The van der Waals surface area contributed by atoms with Gasteiger partial charge in [0, 0.05) is 12.5 Å². The number of aliphatic carboxylic acids is 1. The Balaban J connectivity index is 2.40. The molecule has 122 valence electrons. The first-order chi connectivity index (χ1) is 10.4. The molecule has 0 bridgehead atoms. The van der Waals surface area contributed by atoms with Crippen LogP contribution in [0.5, 0.6) is 0 Å². The fourth-order valence-electron chi connectivity index (χ4n) is 2.28. The van der Waals surface area contributed by atoms with Crippen molar-refractivity contribution in [3.63, 3.8) is 0 Å². The van der Waals surface area contributed by atoms with Crippen molar-refractivity contribution in [1.82, 2.24) is 5.32 Å². The lowest BCUT2D eigenvalue weighted by Gasteiger charge is -2.18. The molecule has 0 saturated carbocycles. The van der Waals surface area contributed by atoms with Crippen LogP contribution in [0.1, 0.15) is 33.6 Å². The van der Waals surface area contributed by atoms with Crippen LogP contribution in [0.2, 0.25) is 0 Å². The van der Waals surface area contributed by atoms with Gasteiger partial charge in [-0.15, -0.1) is 0 Å². The molecule has 0 saturated heterocycles. The van der Waals surface area contributed by atoms with Gasteiger partial charge in [0.05, 0.1) is 6.42 Å². The molecule has 0 aromatic rings. The summed E-state index contributed by atoms with van der Waals surface area (Å²) in [5, 5.41) is 11.5. The first-order valence-corrected chi connectivity index (χ1v) is 7.51. The number of amides is 1. The maximum Gasteiger partial charge on any atom is 0.407 e. The van der Waals surface area contributed by atoms with Crippen LogP contribution in [0, 0.1) is 11.8 Å². The lowest BCUT2D eigenvalue weighted by atomic mass is 9.94. The van der Waals surface area contributed by atoms with Crippen LogP contribution in [0.4, 0.5) is 4.79 Å². The predicted molar refractivity (Wildman–Crippen MR) is 85.5 cm³/mol. The molecule has 0 aliphatic heterocycles. The second-order valence-electron chi connectivity index (χ2n) is 5.87. The maximum atomic E-state index is 11.7. The van der Waals surface area contributed by atoms with Gasteiger partial charge in [-0.25, -0.2) is 4.79 Å². The topological polar surface area (TPSA) is 75.6 Å². The van der Waals surface area contributed by atoms with Crippen molar-refractivity contribution >= 4 is 12.1 Å². The molecule has 1 aliphatic carbocycles. The number of ether oxygens (including phenoxy) is 1. The van der Waals surface area contributed by atoms with E-state index in [9.17, 15) is 9.59 Å². The zero-order chi connectivity index (χ0) is 16.5. The monoisotopic (exact) mass is 307 g/mol. The Morgan fingerprint density at radius 2 is 2.23 bits per heavy atom. The number of carbonyl (C=O) groups excluding carboxylic acids is 1. The van der Waals surface area contributed by atoms with E-state index in [1.54, 1.807) is 0 Å². The summed E-state index contributed by atoms with van der Waals surface area (Å²) in [4.78, 5) is 22.5. The largest absolute Gasteiger partial charge is 0.481 e. The first-order valence-electron chi connectivity index (χ1n) is 7.51.